The average molecular weight is 1110 g/mol. The number of guanidine groups is 1. The zero-order chi connectivity index (χ0) is 58.1. The van der Waals surface area contributed by atoms with Gasteiger partial charge in [-0.2, -0.15) is 20.4 Å². The van der Waals surface area contributed by atoms with Gasteiger partial charge in [0, 0.05) is 44.1 Å². The lowest BCUT2D eigenvalue weighted by atomic mass is 10.1. The van der Waals surface area contributed by atoms with Crippen molar-refractivity contribution >= 4 is 66.3 Å². The molecule has 0 unspecified atom stereocenters. The Morgan fingerprint density at radius 2 is 0.620 bits per heavy atom. The molecular formula is C60H113N13O6. The number of rotatable bonds is 55. The Morgan fingerprint density at radius 3 is 0.937 bits per heavy atom. The van der Waals surface area contributed by atoms with Crippen LogP contribution in [0.25, 0.3) is 0 Å². The number of hydrogen-bond donors (Lipinski definition) is 8. The molecule has 0 saturated carbocycles. The highest BCUT2D eigenvalue weighted by Crippen LogP contribution is 2.13. The predicted molar refractivity (Wildman–Crippen MR) is 327 cm³/mol. The van der Waals surface area contributed by atoms with Crippen molar-refractivity contribution in [2.24, 2.45) is 36.9 Å². The minimum absolute atomic E-state index is 0.0567. The summed E-state index contributed by atoms with van der Waals surface area (Å²) >= 11 is 0. The van der Waals surface area contributed by atoms with Crippen LogP contribution in [0.15, 0.2) is 25.4 Å². The van der Waals surface area contributed by atoms with Crippen molar-refractivity contribution in [2.75, 3.05) is 0 Å². The number of carbonyl (C=O) groups is 6. The molecule has 0 aromatic heterocycles. The van der Waals surface area contributed by atoms with Crippen molar-refractivity contribution in [2.45, 2.75) is 315 Å². The van der Waals surface area contributed by atoms with Gasteiger partial charge in [0.15, 0.2) is 5.96 Å². The van der Waals surface area contributed by atoms with Crippen LogP contribution >= 0.6 is 0 Å². The molecule has 0 radical (unpaired) electrons. The second-order valence-corrected chi connectivity index (χ2v) is 21.2. The smallest absolute Gasteiger partial charge is 0.262 e. The lowest BCUT2D eigenvalue weighted by Gasteiger charge is -2.20. The van der Waals surface area contributed by atoms with E-state index in [1.165, 1.54) is 141 Å². The first-order valence-corrected chi connectivity index (χ1v) is 31.4. The summed E-state index contributed by atoms with van der Waals surface area (Å²) < 4.78 is 0. The van der Waals surface area contributed by atoms with E-state index in [0.717, 1.165) is 77.0 Å². The number of nitrogens with one attached hydrogen (secondary N) is 6. The van der Waals surface area contributed by atoms with Crippen LogP contribution in [0.4, 0.5) is 0 Å². The van der Waals surface area contributed by atoms with Gasteiger partial charge < -0.3 is 22.1 Å². The van der Waals surface area contributed by atoms with Crippen LogP contribution in [-0.4, -0.2) is 84.4 Å². The number of hydrogen-bond acceptors (Lipinski definition) is 11. The minimum Gasteiger partial charge on any atom is -0.370 e. The zero-order valence-corrected chi connectivity index (χ0v) is 50.1. The van der Waals surface area contributed by atoms with E-state index in [-0.39, 0.29) is 38.5 Å². The molecule has 0 bridgehead atoms. The number of nitrogens with two attached hydrogens (primary N) is 2. The van der Waals surface area contributed by atoms with Gasteiger partial charge in [0.2, 0.25) is 23.6 Å². The van der Waals surface area contributed by atoms with Gasteiger partial charge in [-0.25, -0.2) is 26.7 Å². The van der Waals surface area contributed by atoms with Gasteiger partial charge >= 0.3 is 0 Å². The van der Waals surface area contributed by atoms with Gasteiger partial charge in [0.05, 0.1) is 0 Å². The molecule has 0 aliphatic rings. The highest BCUT2D eigenvalue weighted by atomic mass is 16.2. The van der Waals surface area contributed by atoms with Crippen molar-refractivity contribution in [3.05, 3.63) is 0 Å². The van der Waals surface area contributed by atoms with Crippen molar-refractivity contribution in [3.8, 4) is 0 Å². The molecule has 0 saturated heterocycles. The molecule has 0 aliphatic carbocycles. The molecule has 454 valence electrons. The quantitative estimate of drug-likeness (QED) is 0.0125. The van der Waals surface area contributed by atoms with E-state index >= 15 is 0 Å². The fourth-order valence-electron chi connectivity index (χ4n) is 8.78. The molecule has 0 rings (SSSR count). The Hall–Kier alpha value is -5.23. The molecular weight excluding hydrogens is 999 g/mol. The van der Waals surface area contributed by atoms with Crippen LogP contribution in [0.1, 0.15) is 297 Å². The second-order valence-electron chi connectivity index (χ2n) is 21.2. The molecule has 0 spiro atoms. The molecule has 19 heteroatoms. The summed E-state index contributed by atoms with van der Waals surface area (Å²) in [5.74, 6) is -3.94. The van der Waals surface area contributed by atoms with E-state index in [9.17, 15) is 28.8 Å². The summed E-state index contributed by atoms with van der Waals surface area (Å²) in [5, 5.41) is 21.7. The fraction of sp³-hybridized carbons (Fsp3) is 0.817. The first kappa shape index (κ1) is 73.8. The lowest BCUT2D eigenvalue weighted by Crippen LogP contribution is -2.49. The normalized spacial score (nSPS) is 12.7. The summed E-state index contributed by atoms with van der Waals surface area (Å²) in [6.07, 6.45) is 46.1. The van der Waals surface area contributed by atoms with E-state index in [0.29, 0.717) is 12.8 Å². The van der Waals surface area contributed by atoms with Crippen molar-refractivity contribution in [1.29, 1.82) is 0 Å². The number of amides is 6. The van der Waals surface area contributed by atoms with Crippen LogP contribution < -0.4 is 43.8 Å². The Kier molecular flexibility index (Phi) is 52.3. The molecule has 0 aliphatic heterocycles. The summed E-state index contributed by atoms with van der Waals surface area (Å²) in [5.41, 5.74) is 21.5. The topological polar surface area (TPSA) is 288 Å². The van der Waals surface area contributed by atoms with Gasteiger partial charge in [-0.05, 0) is 70.6 Å². The van der Waals surface area contributed by atoms with Crippen LogP contribution in [0.5, 0.6) is 0 Å². The summed E-state index contributed by atoms with van der Waals surface area (Å²) in [6, 6.07) is -3.70. The van der Waals surface area contributed by atoms with Gasteiger partial charge in [-0.3, -0.25) is 28.8 Å². The number of hydrazone groups is 4. The fourth-order valence-corrected chi connectivity index (χ4v) is 8.78. The van der Waals surface area contributed by atoms with E-state index in [1.54, 1.807) is 24.9 Å². The van der Waals surface area contributed by atoms with E-state index in [4.69, 9.17) is 11.5 Å². The monoisotopic (exact) mass is 1110 g/mol. The van der Waals surface area contributed by atoms with Crippen molar-refractivity contribution in [1.82, 2.24) is 32.3 Å². The number of aliphatic imine (C=N–C) groups is 1. The molecule has 19 nitrogen and oxygen atoms in total. The zero-order valence-electron chi connectivity index (χ0n) is 50.1. The Balaban J connectivity index is 5.78. The van der Waals surface area contributed by atoms with Crippen molar-refractivity contribution < 1.29 is 28.8 Å². The summed E-state index contributed by atoms with van der Waals surface area (Å²) in [4.78, 5) is 84.2. The van der Waals surface area contributed by atoms with E-state index in [2.05, 4.69) is 85.4 Å². The molecule has 79 heavy (non-hydrogen) atoms. The Labute approximate surface area is 478 Å². The van der Waals surface area contributed by atoms with Gasteiger partial charge in [0.1, 0.15) is 18.1 Å². The van der Waals surface area contributed by atoms with Crippen LogP contribution in [0.3, 0.4) is 0 Å². The Morgan fingerprint density at radius 1 is 0.342 bits per heavy atom. The Bertz CT molecular complexity index is 1700. The number of carbonyl (C=O) groups excluding carboxylic acids is 6. The SMILES string of the molecule is CCCCCCCCCC/C=N/NC(=O)CC[C@H](NC(=O)CC[C@H](N=C(N)N)C(=O)N[C@@H](CCC(=O)N/N=C/CCCCCCCCCC)C(=O)N/N=C/CCCCCCCCCC)C(=O)N/N=C/CCCCCCCCCC. The van der Waals surface area contributed by atoms with Gasteiger partial charge in [-0.1, -0.05) is 207 Å². The van der Waals surface area contributed by atoms with E-state index in [1.807, 2.05) is 0 Å². The highest BCUT2D eigenvalue weighted by Gasteiger charge is 2.28. The van der Waals surface area contributed by atoms with Crippen LogP contribution in [-0.2, 0) is 28.8 Å². The third kappa shape index (κ3) is 49.5. The summed E-state index contributed by atoms with van der Waals surface area (Å²) in [7, 11) is 0. The number of unbranched alkanes of at least 4 members (excludes halogenated alkanes) is 32. The van der Waals surface area contributed by atoms with E-state index < -0.39 is 59.5 Å². The van der Waals surface area contributed by atoms with Crippen LogP contribution in [0, 0.1) is 0 Å². The molecule has 0 aromatic carbocycles. The number of nitrogens with zero attached hydrogens (tertiary/aromatic N) is 5. The molecule has 0 heterocycles. The first-order chi connectivity index (χ1) is 38.5. The molecule has 3 atom stereocenters. The maximum atomic E-state index is 13.9. The van der Waals surface area contributed by atoms with Crippen molar-refractivity contribution in [3.63, 3.8) is 0 Å². The van der Waals surface area contributed by atoms with Gasteiger partial charge in [-0.15, -0.1) is 0 Å². The molecule has 0 fully saturated rings. The predicted octanol–water partition coefficient (Wildman–Crippen LogP) is 11.5. The summed E-state index contributed by atoms with van der Waals surface area (Å²) in [6.45, 7) is 8.82. The maximum Gasteiger partial charge on any atom is 0.262 e. The maximum absolute atomic E-state index is 13.9. The highest BCUT2D eigenvalue weighted by molar-refractivity contribution is 5.93. The largest absolute Gasteiger partial charge is 0.370 e. The van der Waals surface area contributed by atoms with Gasteiger partial charge in [0.25, 0.3) is 11.8 Å². The lowest BCUT2D eigenvalue weighted by molar-refractivity contribution is -0.131. The molecule has 10 N–H and O–H groups in total. The third-order valence-corrected chi connectivity index (χ3v) is 13.7. The molecule has 6 amide bonds. The van der Waals surface area contributed by atoms with Crippen LogP contribution in [0.2, 0.25) is 0 Å². The average Bonchev–Trinajstić information content (AvgIpc) is 3.43. The second kappa shape index (κ2) is 56.1. The molecule has 0 aromatic rings. The minimum atomic E-state index is -1.33. The third-order valence-electron chi connectivity index (χ3n) is 13.7. The first-order valence-electron chi connectivity index (χ1n) is 31.4. The standard InChI is InChI=1S/C60H113N13O6/c1-5-9-13-17-21-25-29-33-37-47-63-70-55(75)45-42-52(58(78)72-65-49-39-35-31-27-23-19-15-11-7-3)67-54(74)44-41-51(69-60(61)62)57(77)68-53(59(79)73-66-50-40-36-32-28-24-20-16-12-8-4)43-46-56(76)71-64-48-38-34-30-26-22-18-14-10-6-2/h47-53H,5-46H2,1-4H3,(H,67,74)(H,68,77)(H,70,75)(H,71,76)(H,72,78)(H,73,79)(H4,61,62,69)/b63-47+,64-48+,65-49+,66-50+/t51-,52-,53-/m0/s1.